The number of halogens is 1. The summed E-state index contributed by atoms with van der Waals surface area (Å²) in [5.74, 6) is -0.207. The van der Waals surface area contributed by atoms with Crippen molar-refractivity contribution in [3.8, 4) is 0 Å². The molecule has 1 aliphatic rings. The first kappa shape index (κ1) is 21.5. The van der Waals surface area contributed by atoms with E-state index in [1.165, 1.54) is 31.2 Å². The van der Waals surface area contributed by atoms with Gasteiger partial charge in [0.2, 0.25) is 0 Å². The third kappa shape index (κ3) is 5.71. The normalized spacial score (nSPS) is 15.9. The number of carbonyl (C=O) groups excluding carboxylic acids is 1. The highest BCUT2D eigenvalue weighted by atomic mass is 35.5. The van der Waals surface area contributed by atoms with E-state index in [2.05, 4.69) is 44.8 Å². The number of aromatic nitrogens is 3. The molecule has 0 saturated carbocycles. The molecule has 1 N–H and O–H groups in total. The minimum absolute atomic E-state index is 0.154. The Morgan fingerprint density at radius 2 is 1.71 bits per heavy atom. The predicted octanol–water partition coefficient (Wildman–Crippen LogP) is 4.33. The average Bonchev–Trinajstić information content (AvgIpc) is 3.10. The highest BCUT2D eigenvalue weighted by Gasteiger charge is 2.23. The van der Waals surface area contributed by atoms with Gasteiger partial charge in [-0.2, -0.15) is 0 Å². The third-order valence-corrected chi connectivity index (χ3v) is 6.15. The maximum absolute atomic E-state index is 12.8. The van der Waals surface area contributed by atoms with E-state index in [1.54, 1.807) is 10.9 Å². The molecule has 1 aliphatic heterocycles. The number of benzene rings is 2. The molecule has 0 spiro atoms. The van der Waals surface area contributed by atoms with Gasteiger partial charge in [0, 0.05) is 11.6 Å². The molecule has 1 unspecified atom stereocenters. The summed E-state index contributed by atoms with van der Waals surface area (Å²) >= 11 is 6.23. The van der Waals surface area contributed by atoms with Crippen LogP contribution in [0, 0.1) is 0 Å². The fourth-order valence-electron chi connectivity index (χ4n) is 4.10. The summed E-state index contributed by atoms with van der Waals surface area (Å²) in [6.45, 7) is 3.13. The highest BCUT2D eigenvalue weighted by Crippen LogP contribution is 2.24. The number of hydrogen-bond donors (Lipinski definition) is 1. The van der Waals surface area contributed by atoms with E-state index in [0.29, 0.717) is 23.8 Å². The Morgan fingerprint density at radius 3 is 2.45 bits per heavy atom. The molecule has 1 fully saturated rings. The molecule has 1 atom stereocenters. The number of rotatable bonds is 7. The molecule has 0 bridgehead atoms. The van der Waals surface area contributed by atoms with E-state index >= 15 is 0 Å². The zero-order valence-corrected chi connectivity index (χ0v) is 18.3. The molecule has 1 amide bonds. The largest absolute Gasteiger partial charge is 0.349 e. The van der Waals surface area contributed by atoms with Gasteiger partial charge in [-0.25, -0.2) is 4.68 Å². The molecule has 0 radical (unpaired) electrons. The standard InChI is InChI=1S/C24H28ClN5O/c25-21-13-7-6-12-20(21)17-30-18-22(27-28-30)24(31)26-16-23(19-10-4-3-5-11-19)29-14-8-1-2-9-15-29/h3-7,10-13,18,23H,1-2,8-9,14-17H2,(H,26,31). The van der Waals surface area contributed by atoms with Crippen LogP contribution in [0.5, 0.6) is 0 Å². The van der Waals surface area contributed by atoms with Crippen LogP contribution in [0.25, 0.3) is 0 Å². The van der Waals surface area contributed by atoms with Crippen molar-refractivity contribution >= 4 is 17.5 Å². The number of hydrogen-bond acceptors (Lipinski definition) is 4. The van der Waals surface area contributed by atoms with Gasteiger partial charge in [-0.3, -0.25) is 9.69 Å². The van der Waals surface area contributed by atoms with Crippen LogP contribution >= 0.6 is 11.6 Å². The molecular formula is C24H28ClN5O. The number of nitrogens with zero attached hydrogens (tertiary/aromatic N) is 4. The highest BCUT2D eigenvalue weighted by molar-refractivity contribution is 6.31. The Morgan fingerprint density at radius 1 is 1.00 bits per heavy atom. The van der Waals surface area contributed by atoms with E-state index in [-0.39, 0.29) is 11.9 Å². The van der Waals surface area contributed by atoms with Crippen LogP contribution in [-0.2, 0) is 6.54 Å². The van der Waals surface area contributed by atoms with Gasteiger partial charge in [-0.15, -0.1) is 5.10 Å². The van der Waals surface area contributed by atoms with Crippen molar-refractivity contribution in [2.45, 2.75) is 38.3 Å². The maximum atomic E-state index is 12.8. The number of carbonyl (C=O) groups is 1. The van der Waals surface area contributed by atoms with Crippen molar-refractivity contribution in [3.05, 3.63) is 82.6 Å². The van der Waals surface area contributed by atoms with Crippen LogP contribution in [0.1, 0.15) is 53.3 Å². The second kappa shape index (κ2) is 10.6. The molecule has 31 heavy (non-hydrogen) atoms. The second-order valence-electron chi connectivity index (χ2n) is 7.98. The second-order valence-corrected chi connectivity index (χ2v) is 8.39. The first-order valence-corrected chi connectivity index (χ1v) is 11.3. The average molecular weight is 438 g/mol. The zero-order chi connectivity index (χ0) is 21.5. The first-order valence-electron chi connectivity index (χ1n) is 10.9. The summed E-state index contributed by atoms with van der Waals surface area (Å²) in [5, 5.41) is 11.9. The zero-order valence-electron chi connectivity index (χ0n) is 17.6. The summed E-state index contributed by atoms with van der Waals surface area (Å²) in [4.78, 5) is 15.3. The SMILES string of the molecule is O=C(NCC(c1ccccc1)N1CCCCCC1)c1cn(Cc2ccccc2Cl)nn1. The fraction of sp³-hybridized carbons (Fsp3) is 0.375. The Bertz CT molecular complexity index is 982. The van der Waals surface area contributed by atoms with E-state index in [0.717, 1.165) is 18.7 Å². The van der Waals surface area contributed by atoms with Crippen molar-refractivity contribution in [2.75, 3.05) is 19.6 Å². The quantitative estimate of drug-likeness (QED) is 0.597. The van der Waals surface area contributed by atoms with Crippen molar-refractivity contribution in [3.63, 3.8) is 0 Å². The van der Waals surface area contributed by atoms with Gasteiger partial charge in [0.1, 0.15) is 0 Å². The Balaban J connectivity index is 1.42. The van der Waals surface area contributed by atoms with Crippen LogP contribution in [0.4, 0.5) is 0 Å². The third-order valence-electron chi connectivity index (χ3n) is 5.78. The lowest BCUT2D eigenvalue weighted by Crippen LogP contribution is -2.38. The van der Waals surface area contributed by atoms with Crippen LogP contribution in [-0.4, -0.2) is 45.4 Å². The van der Waals surface area contributed by atoms with E-state index in [9.17, 15) is 4.79 Å². The Kier molecular flexibility index (Phi) is 7.33. The van der Waals surface area contributed by atoms with Gasteiger partial charge >= 0.3 is 0 Å². The molecular weight excluding hydrogens is 410 g/mol. The molecule has 4 rings (SSSR count). The van der Waals surface area contributed by atoms with E-state index < -0.39 is 0 Å². The van der Waals surface area contributed by atoms with Crippen molar-refractivity contribution < 1.29 is 4.79 Å². The van der Waals surface area contributed by atoms with Gasteiger partial charge in [-0.1, -0.05) is 78.2 Å². The lowest BCUT2D eigenvalue weighted by Gasteiger charge is -2.31. The molecule has 162 valence electrons. The summed E-state index contributed by atoms with van der Waals surface area (Å²) in [7, 11) is 0. The van der Waals surface area contributed by atoms with Gasteiger partial charge in [-0.05, 0) is 43.1 Å². The Hall–Kier alpha value is -2.70. The van der Waals surface area contributed by atoms with Crippen LogP contribution < -0.4 is 5.32 Å². The van der Waals surface area contributed by atoms with E-state index in [4.69, 9.17) is 11.6 Å². The van der Waals surface area contributed by atoms with Crippen molar-refractivity contribution in [1.29, 1.82) is 0 Å². The van der Waals surface area contributed by atoms with Crippen LogP contribution in [0.2, 0.25) is 5.02 Å². The molecule has 7 heteroatoms. The summed E-state index contributed by atoms with van der Waals surface area (Å²) in [5.41, 5.74) is 2.48. The number of amides is 1. The van der Waals surface area contributed by atoms with Gasteiger partial charge in [0.05, 0.1) is 18.8 Å². The topological polar surface area (TPSA) is 63.1 Å². The lowest BCUT2D eigenvalue weighted by molar-refractivity contribution is 0.0928. The fourth-order valence-corrected chi connectivity index (χ4v) is 4.30. The molecule has 0 aliphatic carbocycles. The molecule has 2 aromatic carbocycles. The minimum Gasteiger partial charge on any atom is -0.349 e. The summed E-state index contributed by atoms with van der Waals surface area (Å²) < 4.78 is 1.64. The Labute approximate surface area is 188 Å². The smallest absolute Gasteiger partial charge is 0.273 e. The monoisotopic (exact) mass is 437 g/mol. The van der Waals surface area contributed by atoms with Gasteiger partial charge < -0.3 is 5.32 Å². The molecule has 3 aromatic rings. The van der Waals surface area contributed by atoms with Crippen molar-refractivity contribution in [2.24, 2.45) is 0 Å². The summed E-state index contributed by atoms with van der Waals surface area (Å²) in [6, 6.07) is 18.2. The number of likely N-dealkylation sites (tertiary alicyclic amines) is 1. The minimum atomic E-state index is -0.207. The van der Waals surface area contributed by atoms with Gasteiger partial charge in [0.15, 0.2) is 5.69 Å². The molecule has 6 nitrogen and oxygen atoms in total. The number of nitrogens with one attached hydrogen (secondary N) is 1. The molecule has 1 saturated heterocycles. The lowest BCUT2D eigenvalue weighted by atomic mass is 10.0. The molecule has 1 aromatic heterocycles. The van der Waals surface area contributed by atoms with Gasteiger partial charge in [0.25, 0.3) is 5.91 Å². The maximum Gasteiger partial charge on any atom is 0.273 e. The first-order chi connectivity index (χ1) is 15.2. The van der Waals surface area contributed by atoms with Crippen molar-refractivity contribution in [1.82, 2.24) is 25.2 Å². The van der Waals surface area contributed by atoms with Crippen LogP contribution in [0.15, 0.2) is 60.8 Å². The summed E-state index contributed by atoms with van der Waals surface area (Å²) in [6.07, 6.45) is 6.63. The molecule has 2 heterocycles. The van der Waals surface area contributed by atoms with Crippen LogP contribution in [0.3, 0.4) is 0 Å². The van der Waals surface area contributed by atoms with E-state index in [1.807, 2.05) is 30.3 Å². The predicted molar refractivity (Wildman–Crippen MR) is 122 cm³/mol.